The van der Waals surface area contributed by atoms with Crippen LogP contribution in [0.15, 0.2) is 0 Å². The maximum atomic E-state index is 11.5. The monoisotopic (exact) mass is 250 g/mol. The van der Waals surface area contributed by atoms with Crippen LogP contribution in [0.25, 0.3) is 0 Å². The summed E-state index contributed by atoms with van der Waals surface area (Å²) in [6.07, 6.45) is 1.17. The molecule has 0 fully saturated rings. The van der Waals surface area contributed by atoms with E-state index in [2.05, 4.69) is 5.32 Å². The van der Waals surface area contributed by atoms with Gasteiger partial charge in [0.1, 0.15) is 5.75 Å². The summed E-state index contributed by atoms with van der Waals surface area (Å²) in [5.41, 5.74) is 5.47. The van der Waals surface area contributed by atoms with Gasteiger partial charge in [0.2, 0.25) is 5.91 Å². The van der Waals surface area contributed by atoms with Gasteiger partial charge in [0.05, 0.1) is 5.75 Å². The number of hydrogen-bond acceptors (Lipinski definition) is 4. The molecule has 0 aromatic rings. The molecule has 0 bridgehead atoms. The van der Waals surface area contributed by atoms with Crippen LogP contribution in [0.5, 0.6) is 0 Å². The Kier molecular flexibility index (Phi) is 6.59. The van der Waals surface area contributed by atoms with Gasteiger partial charge in [-0.3, -0.25) is 4.79 Å². The van der Waals surface area contributed by atoms with Crippen molar-refractivity contribution in [2.75, 3.05) is 11.5 Å². The molecule has 2 unspecified atom stereocenters. The van der Waals surface area contributed by atoms with E-state index >= 15 is 0 Å². The van der Waals surface area contributed by atoms with E-state index in [1.807, 2.05) is 13.8 Å². The van der Waals surface area contributed by atoms with Crippen molar-refractivity contribution in [1.29, 1.82) is 0 Å². The van der Waals surface area contributed by atoms with E-state index in [4.69, 9.17) is 5.73 Å². The Labute approximate surface area is 97.7 Å². The van der Waals surface area contributed by atoms with E-state index in [0.717, 1.165) is 6.42 Å². The quantitative estimate of drug-likeness (QED) is 0.668. The van der Waals surface area contributed by atoms with Crippen LogP contribution < -0.4 is 11.1 Å². The zero-order valence-electron chi connectivity index (χ0n) is 10.2. The molecule has 96 valence electrons. The van der Waals surface area contributed by atoms with Crippen LogP contribution in [0.2, 0.25) is 0 Å². The van der Waals surface area contributed by atoms with Gasteiger partial charge >= 0.3 is 0 Å². The molecule has 0 aliphatic rings. The molecule has 0 aromatic carbocycles. The highest BCUT2D eigenvalue weighted by atomic mass is 32.2. The highest BCUT2D eigenvalue weighted by molar-refractivity contribution is 7.92. The molecule has 0 aromatic heterocycles. The van der Waals surface area contributed by atoms with Gasteiger partial charge in [0, 0.05) is 12.1 Å². The fourth-order valence-corrected chi connectivity index (χ4v) is 2.41. The van der Waals surface area contributed by atoms with Crippen molar-refractivity contribution in [3.05, 3.63) is 0 Å². The zero-order valence-corrected chi connectivity index (χ0v) is 11.0. The first-order valence-corrected chi connectivity index (χ1v) is 7.34. The minimum atomic E-state index is -3.32. The van der Waals surface area contributed by atoms with Gasteiger partial charge in [-0.1, -0.05) is 6.92 Å². The summed E-state index contributed by atoms with van der Waals surface area (Å²) in [5, 5.41) is 2.62. The summed E-state index contributed by atoms with van der Waals surface area (Å²) < 4.78 is 23.0. The number of hydrogen-bond donors (Lipinski definition) is 2. The van der Waals surface area contributed by atoms with E-state index in [9.17, 15) is 13.2 Å². The number of nitrogens with two attached hydrogens (primary N) is 1. The highest BCUT2D eigenvalue weighted by Gasteiger charge is 2.17. The summed E-state index contributed by atoms with van der Waals surface area (Å²) in [7, 11) is -3.32. The van der Waals surface area contributed by atoms with Gasteiger partial charge in [-0.05, 0) is 26.7 Å². The standard InChI is InChI=1S/C10H22N2O3S/c1-4-9(3)12-10(13)7-16(14,15)6-5-8(2)11/h8-9H,4-7,11H2,1-3H3,(H,12,13). The average molecular weight is 250 g/mol. The Balaban J connectivity index is 4.11. The Morgan fingerprint density at radius 1 is 1.38 bits per heavy atom. The number of amides is 1. The molecule has 0 aliphatic carbocycles. The van der Waals surface area contributed by atoms with E-state index in [1.165, 1.54) is 0 Å². The Morgan fingerprint density at radius 2 is 1.94 bits per heavy atom. The molecule has 0 spiro atoms. The molecule has 0 radical (unpaired) electrons. The van der Waals surface area contributed by atoms with Crippen LogP contribution >= 0.6 is 0 Å². The van der Waals surface area contributed by atoms with Gasteiger partial charge in [-0.15, -0.1) is 0 Å². The third kappa shape index (κ3) is 7.64. The van der Waals surface area contributed by atoms with Crippen molar-refractivity contribution >= 4 is 15.7 Å². The lowest BCUT2D eigenvalue weighted by Gasteiger charge is -2.11. The van der Waals surface area contributed by atoms with E-state index < -0.39 is 21.5 Å². The second kappa shape index (κ2) is 6.85. The Bertz CT molecular complexity index is 312. The second-order valence-electron chi connectivity index (χ2n) is 4.23. The molecule has 16 heavy (non-hydrogen) atoms. The number of rotatable bonds is 7. The van der Waals surface area contributed by atoms with Crippen molar-refractivity contribution < 1.29 is 13.2 Å². The summed E-state index contributed by atoms with van der Waals surface area (Å²) in [4.78, 5) is 11.4. The minimum absolute atomic E-state index is 0.0103. The molecular weight excluding hydrogens is 228 g/mol. The first kappa shape index (κ1) is 15.4. The molecule has 3 N–H and O–H groups in total. The zero-order chi connectivity index (χ0) is 12.8. The summed E-state index contributed by atoms with van der Waals surface area (Å²) in [6.45, 7) is 5.51. The summed E-state index contributed by atoms with van der Waals surface area (Å²) in [6, 6.07) is -0.150. The van der Waals surface area contributed by atoms with Crippen molar-refractivity contribution in [2.45, 2.75) is 45.7 Å². The van der Waals surface area contributed by atoms with E-state index in [0.29, 0.717) is 6.42 Å². The molecule has 0 rings (SSSR count). The number of carbonyl (C=O) groups excluding carboxylic acids is 1. The molecular formula is C10H22N2O3S. The molecule has 6 heteroatoms. The van der Waals surface area contributed by atoms with E-state index in [1.54, 1.807) is 6.92 Å². The van der Waals surface area contributed by atoms with Crippen LogP contribution in [0.1, 0.15) is 33.6 Å². The predicted molar refractivity (Wildman–Crippen MR) is 64.8 cm³/mol. The second-order valence-corrected chi connectivity index (χ2v) is 6.42. The SMILES string of the molecule is CCC(C)NC(=O)CS(=O)(=O)CCC(C)N. The largest absolute Gasteiger partial charge is 0.353 e. The van der Waals surface area contributed by atoms with Crippen LogP contribution in [-0.4, -0.2) is 37.9 Å². The van der Waals surface area contributed by atoms with Gasteiger partial charge in [-0.2, -0.15) is 0 Å². The summed E-state index contributed by atoms with van der Waals surface area (Å²) in [5.74, 6) is -0.901. The van der Waals surface area contributed by atoms with Crippen molar-refractivity contribution in [3.63, 3.8) is 0 Å². The molecule has 5 nitrogen and oxygen atoms in total. The van der Waals surface area contributed by atoms with Crippen LogP contribution in [0.4, 0.5) is 0 Å². The lowest BCUT2D eigenvalue weighted by molar-refractivity contribution is -0.119. The Hall–Kier alpha value is -0.620. The molecule has 0 saturated carbocycles. The lowest BCUT2D eigenvalue weighted by Crippen LogP contribution is -2.37. The van der Waals surface area contributed by atoms with Crippen LogP contribution in [-0.2, 0) is 14.6 Å². The highest BCUT2D eigenvalue weighted by Crippen LogP contribution is 1.97. The van der Waals surface area contributed by atoms with Crippen LogP contribution in [0, 0.1) is 0 Å². The van der Waals surface area contributed by atoms with Gasteiger partial charge in [0.25, 0.3) is 0 Å². The van der Waals surface area contributed by atoms with Crippen molar-refractivity contribution in [1.82, 2.24) is 5.32 Å². The van der Waals surface area contributed by atoms with Gasteiger partial charge in [-0.25, -0.2) is 8.42 Å². The molecule has 0 aliphatic heterocycles. The minimum Gasteiger partial charge on any atom is -0.353 e. The normalized spacial score (nSPS) is 15.5. The third-order valence-electron chi connectivity index (χ3n) is 2.25. The van der Waals surface area contributed by atoms with Crippen molar-refractivity contribution in [2.24, 2.45) is 5.73 Å². The maximum absolute atomic E-state index is 11.5. The molecule has 0 saturated heterocycles. The average Bonchev–Trinajstić information content (AvgIpc) is 2.13. The maximum Gasteiger partial charge on any atom is 0.235 e. The van der Waals surface area contributed by atoms with Gasteiger partial charge < -0.3 is 11.1 Å². The third-order valence-corrected chi connectivity index (χ3v) is 3.81. The van der Waals surface area contributed by atoms with Crippen LogP contribution in [0.3, 0.4) is 0 Å². The first-order chi connectivity index (χ1) is 7.26. The fourth-order valence-electron chi connectivity index (χ4n) is 1.06. The van der Waals surface area contributed by atoms with Gasteiger partial charge in [0.15, 0.2) is 9.84 Å². The fraction of sp³-hybridized carbons (Fsp3) is 0.900. The van der Waals surface area contributed by atoms with Crippen molar-refractivity contribution in [3.8, 4) is 0 Å². The molecule has 2 atom stereocenters. The first-order valence-electron chi connectivity index (χ1n) is 5.52. The topological polar surface area (TPSA) is 89.3 Å². The predicted octanol–water partition coefficient (Wildman–Crippen LogP) is 0.0532. The molecule has 0 heterocycles. The molecule has 1 amide bonds. The van der Waals surface area contributed by atoms with E-state index in [-0.39, 0.29) is 17.8 Å². The number of sulfone groups is 1. The Morgan fingerprint density at radius 3 is 2.38 bits per heavy atom. The smallest absolute Gasteiger partial charge is 0.235 e. The summed E-state index contributed by atoms with van der Waals surface area (Å²) >= 11 is 0. The number of carbonyl (C=O) groups is 1. The lowest BCUT2D eigenvalue weighted by atomic mass is 10.3. The number of nitrogens with one attached hydrogen (secondary N) is 1.